The molecule has 4 aliphatic rings. The lowest BCUT2D eigenvalue weighted by Crippen LogP contribution is -2.56. The lowest BCUT2D eigenvalue weighted by atomic mass is 9.70. The number of aromatic hydroxyl groups is 2. The highest BCUT2D eigenvalue weighted by atomic mass is 16.5. The van der Waals surface area contributed by atoms with E-state index in [-0.39, 0.29) is 58.6 Å². The summed E-state index contributed by atoms with van der Waals surface area (Å²) in [6.07, 6.45) is 11.2. The van der Waals surface area contributed by atoms with E-state index in [1.165, 1.54) is 12.1 Å². The SMILES string of the molecule is CC1(C)C2CCC1(C)C(OC(=O)C1C=CCN1C(=O)C(NC(=O)Cc1ccc(O)c(O)c1)C1CCCCC1)C2. The predicted octanol–water partition coefficient (Wildman–Crippen LogP) is 4.23. The van der Waals surface area contributed by atoms with E-state index in [1.54, 1.807) is 17.0 Å². The highest BCUT2D eigenvalue weighted by Gasteiger charge is 2.63. The third-order valence-electron chi connectivity index (χ3n) is 10.6. The molecule has 5 rings (SSSR count). The summed E-state index contributed by atoms with van der Waals surface area (Å²) in [6, 6.07) is 2.73. The van der Waals surface area contributed by atoms with Gasteiger partial charge in [0.25, 0.3) is 0 Å². The van der Waals surface area contributed by atoms with Gasteiger partial charge in [-0.05, 0) is 67.1 Å². The number of phenols is 2. The summed E-state index contributed by atoms with van der Waals surface area (Å²) in [7, 11) is 0. The van der Waals surface area contributed by atoms with Gasteiger partial charge in [-0.2, -0.15) is 0 Å². The Morgan fingerprint density at radius 3 is 2.46 bits per heavy atom. The first kappa shape index (κ1) is 27.5. The number of benzene rings is 1. The van der Waals surface area contributed by atoms with Gasteiger partial charge in [0.2, 0.25) is 11.8 Å². The Labute approximate surface area is 230 Å². The molecule has 2 bridgehead atoms. The largest absolute Gasteiger partial charge is 0.504 e. The van der Waals surface area contributed by atoms with E-state index in [0.717, 1.165) is 51.4 Å². The van der Waals surface area contributed by atoms with Crippen LogP contribution in [0.25, 0.3) is 0 Å². The van der Waals surface area contributed by atoms with Crippen molar-refractivity contribution in [3.63, 3.8) is 0 Å². The van der Waals surface area contributed by atoms with Crippen molar-refractivity contribution in [3.8, 4) is 11.5 Å². The number of esters is 1. The van der Waals surface area contributed by atoms with Crippen molar-refractivity contribution in [2.24, 2.45) is 22.7 Å². The van der Waals surface area contributed by atoms with Crippen molar-refractivity contribution in [1.82, 2.24) is 10.2 Å². The maximum atomic E-state index is 14.0. The lowest BCUT2D eigenvalue weighted by Gasteiger charge is -2.39. The van der Waals surface area contributed by atoms with Crippen molar-refractivity contribution in [2.45, 2.75) is 96.7 Å². The fraction of sp³-hybridized carbons (Fsp3) is 0.645. The Morgan fingerprint density at radius 2 is 1.82 bits per heavy atom. The molecule has 3 aliphatic carbocycles. The Morgan fingerprint density at radius 1 is 1.08 bits per heavy atom. The zero-order valence-corrected chi connectivity index (χ0v) is 23.3. The maximum Gasteiger partial charge on any atom is 0.333 e. The van der Waals surface area contributed by atoms with Gasteiger partial charge in [0.05, 0.1) is 6.42 Å². The van der Waals surface area contributed by atoms with Crippen LogP contribution in [0.3, 0.4) is 0 Å². The second kappa shape index (κ2) is 10.5. The molecule has 0 aromatic heterocycles. The molecule has 1 aromatic rings. The summed E-state index contributed by atoms with van der Waals surface area (Å²) in [5.74, 6) is -0.999. The van der Waals surface area contributed by atoms with Gasteiger partial charge in [0.15, 0.2) is 11.5 Å². The minimum atomic E-state index is -0.791. The fourth-order valence-corrected chi connectivity index (χ4v) is 7.59. The van der Waals surface area contributed by atoms with Crippen LogP contribution in [0.1, 0.15) is 77.7 Å². The summed E-state index contributed by atoms with van der Waals surface area (Å²) < 4.78 is 6.14. The lowest BCUT2D eigenvalue weighted by molar-refractivity contribution is -0.164. The highest BCUT2D eigenvalue weighted by Crippen LogP contribution is 2.66. The number of nitrogens with one attached hydrogen (secondary N) is 1. The Balaban J connectivity index is 1.29. The van der Waals surface area contributed by atoms with Gasteiger partial charge in [0, 0.05) is 12.0 Å². The van der Waals surface area contributed by atoms with E-state index in [4.69, 9.17) is 4.74 Å². The van der Waals surface area contributed by atoms with Crippen LogP contribution in [0.4, 0.5) is 0 Å². The first-order chi connectivity index (χ1) is 18.5. The van der Waals surface area contributed by atoms with Crippen molar-refractivity contribution >= 4 is 17.8 Å². The number of carbonyl (C=O) groups is 3. The van der Waals surface area contributed by atoms with Crippen molar-refractivity contribution in [1.29, 1.82) is 0 Å². The second-order valence-electron chi connectivity index (χ2n) is 12.8. The van der Waals surface area contributed by atoms with Crippen LogP contribution < -0.4 is 5.32 Å². The minimum Gasteiger partial charge on any atom is -0.504 e. The van der Waals surface area contributed by atoms with Gasteiger partial charge in [0.1, 0.15) is 18.2 Å². The summed E-state index contributed by atoms with van der Waals surface area (Å²) in [5, 5.41) is 22.3. The van der Waals surface area contributed by atoms with Crippen molar-refractivity contribution in [2.75, 3.05) is 6.54 Å². The maximum absolute atomic E-state index is 14.0. The smallest absolute Gasteiger partial charge is 0.333 e. The van der Waals surface area contributed by atoms with Gasteiger partial charge in [-0.1, -0.05) is 58.3 Å². The summed E-state index contributed by atoms with van der Waals surface area (Å²) in [5.41, 5.74) is 0.583. The number of ether oxygens (including phenoxy) is 1. The topological polar surface area (TPSA) is 116 Å². The molecule has 1 heterocycles. The zero-order chi connectivity index (χ0) is 27.9. The Kier molecular flexibility index (Phi) is 7.42. The molecule has 5 unspecified atom stereocenters. The van der Waals surface area contributed by atoms with E-state index in [0.29, 0.717) is 18.0 Å². The molecule has 8 heteroatoms. The molecule has 3 fully saturated rings. The molecule has 1 aliphatic heterocycles. The normalized spacial score (nSPS) is 30.3. The van der Waals surface area contributed by atoms with E-state index in [9.17, 15) is 24.6 Å². The molecule has 39 heavy (non-hydrogen) atoms. The molecule has 3 N–H and O–H groups in total. The van der Waals surface area contributed by atoms with E-state index in [1.807, 2.05) is 6.08 Å². The van der Waals surface area contributed by atoms with Crippen LogP contribution in [-0.2, 0) is 25.5 Å². The summed E-state index contributed by atoms with van der Waals surface area (Å²) in [4.78, 5) is 42.0. The molecule has 8 nitrogen and oxygen atoms in total. The molecule has 212 valence electrons. The number of rotatable bonds is 7. The molecular weight excluding hydrogens is 496 g/mol. The third kappa shape index (κ3) is 5.03. The zero-order valence-electron chi connectivity index (χ0n) is 23.3. The molecule has 0 spiro atoms. The molecule has 0 saturated heterocycles. The number of amides is 2. The number of hydrogen-bond acceptors (Lipinski definition) is 6. The number of fused-ring (bicyclic) bond motifs is 2. The van der Waals surface area contributed by atoms with Gasteiger partial charge in [-0.15, -0.1) is 0 Å². The van der Waals surface area contributed by atoms with Gasteiger partial charge >= 0.3 is 5.97 Å². The molecule has 0 radical (unpaired) electrons. The van der Waals surface area contributed by atoms with Crippen LogP contribution in [0.2, 0.25) is 0 Å². The van der Waals surface area contributed by atoms with Crippen LogP contribution >= 0.6 is 0 Å². The summed E-state index contributed by atoms with van der Waals surface area (Å²) >= 11 is 0. The molecular formula is C31H42N2O6. The number of carbonyl (C=O) groups excluding carboxylic acids is 3. The highest BCUT2D eigenvalue weighted by molar-refractivity contribution is 5.93. The Bertz CT molecular complexity index is 1160. The standard InChI is InChI=1S/C31H42N2O6/c1-30(2)21-13-14-31(30,3)25(18-21)39-29(38)22-10-7-15-33(22)28(37)27(20-8-5-4-6-9-20)32-26(36)17-19-11-12-23(34)24(35)16-19/h7,10-12,16,20-22,25,27,34-35H,4-6,8-9,13-15,17-18H2,1-3H3,(H,32,36). The van der Waals surface area contributed by atoms with E-state index in [2.05, 4.69) is 26.1 Å². The first-order valence-electron chi connectivity index (χ1n) is 14.5. The van der Waals surface area contributed by atoms with Gasteiger partial charge < -0.3 is 25.2 Å². The van der Waals surface area contributed by atoms with Crippen molar-refractivity contribution in [3.05, 3.63) is 35.9 Å². The number of hydrogen-bond donors (Lipinski definition) is 3. The van der Waals surface area contributed by atoms with Crippen LogP contribution in [0, 0.1) is 22.7 Å². The van der Waals surface area contributed by atoms with Crippen molar-refractivity contribution < 1.29 is 29.3 Å². The second-order valence-corrected chi connectivity index (χ2v) is 12.8. The molecule has 5 atom stereocenters. The first-order valence-corrected chi connectivity index (χ1v) is 14.5. The molecule has 2 amide bonds. The minimum absolute atomic E-state index is 0.00836. The van der Waals surface area contributed by atoms with Crippen LogP contribution in [0.5, 0.6) is 11.5 Å². The molecule has 3 saturated carbocycles. The van der Waals surface area contributed by atoms with Gasteiger partial charge in [-0.25, -0.2) is 4.79 Å². The average molecular weight is 539 g/mol. The van der Waals surface area contributed by atoms with Crippen LogP contribution in [-0.4, -0.2) is 57.6 Å². The quantitative estimate of drug-likeness (QED) is 0.272. The monoisotopic (exact) mass is 538 g/mol. The predicted molar refractivity (Wildman–Crippen MR) is 146 cm³/mol. The van der Waals surface area contributed by atoms with E-state index < -0.39 is 12.1 Å². The number of phenolic OH excluding ortho intramolecular Hbond substituents is 2. The third-order valence-corrected chi connectivity index (χ3v) is 10.6. The van der Waals surface area contributed by atoms with E-state index >= 15 is 0 Å². The Hall–Kier alpha value is -3.03. The van der Waals surface area contributed by atoms with Gasteiger partial charge in [-0.3, -0.25) is 9.59 Å². The molecule has 1 aromatic carbocycles. The average Bonchev–Trinajstić information content (AvgIpc) is 3.53. The number of nitrogens with zero attached hydrogens (tertiary/aromatic N) is 1. The fourth-order valence-electron chi connectivity index (χ4n) is 7.59. The summed E-state index contributed by atoms with van der Waals surface area (Å²) in [6.45, 7) is 7.09. The van der Waals surface area contributed by atoms with Crippen LogP contribution in [0.15, 0.2) is 30.4 Å².